The van der Waals surface area contributed by atoms with Gasteiger partial charge in [-0.25, -0.2) is 8.42 Å². The Bertz CT molecular complexity index is 1450. The number of rotatable bonds is 15. The predicted molar refractivity (Wildman–Crippen MR) is 171 cm³/mol. The largest absolute Gasteiger partial charge is 0.354 e. The van der Waals surface area contributed by atoms with Crippen molar-refractivity contribution in [2.24, 2.45) is 0 Å². The van der Waals surface area contributed by atoms with E-state index < -0.39 is 16.1 Å². The number of halogens is 2. The number of unbranched alkanes of at least 4 members (excludes halogenated alkanes) is 1. The molecule has 1 unspecified atom stereocenters. The quantitative estimate of drug-likeness (QED) is 0.197. The number of amides is 2. The minimum atomic E-state index is -3.58. The molecule has 3 rings (SSSR count). The van der Waals surface area contributed by atoms with E-state index in [-0.39, 0.29) is 37.7 Å². The van der Waals surface area contributed by atoms with E-state index in [9.17, 15) is 18.0 Å². The first-order valence-corrected chi connectivity index (χ1v) is 16.7. The second kappa shape index (κ2) is 16.0. The minimum Gasteiger partial charge on any atom is -0.354 e. The van der Waals surface area contributed by atoms with Gasteiger partial charge in [0.25, 0.3) is 0 Å². The van der Waals surface area contributed by atoms with Crippen LogP contribution in [0, 0.1) is 6.92 Å². The zero-order valence-electron chi connectivity index (χ0n) is 24.4. The van der Waals surface area contributed by atoms with Crippen molar-refractivity contribution in [2.75, 3.05) is 23.7 Å². The summed E-state index contributed by atoms with van der Waals surface area (Å²) in [6.45, 7) is 4.72. The van der Waals surface area contributed by atoms with Crippen LogP contribution in [0.15, 0.2) is 72.8 Å². The van der Waals surface area contributed by atoms with Crippen molar-refractivity contribution < 1.29 is 18.0 Å². The van der Waals surface area contributed by atoms with Crippen molar-refractivity contribution in [1.82, 2.24) is 10.2 Å². The highest BCUT2D eigenvalue weighted by Gasteiger charge is 2.30. The van der Waals surface area contributed by atoms with Gasteiger partial charge in [0, 0.05) is 32.5 Å². The van der Waals surface area contributed by atoms with Crippen LogP contribution in [0.4, 0.5) is 5.69 Å². The molecule has 226 valence electrons. The summed E-state index contributed by atoms with van der Waals surface area (Å²) < 4.78 is 26.6. The van der Waals surface area contributed by atoms with Crippen LogP contribution < -0.4 is 9.62 Å². The van der Waals surface area contributed by atoms with Crippen LogP contribution in [0.3, 0.4) is 0 Å². The van der Waals surface area contributed by atoms with E-state index in [1.807, 2.05) is 50.2 Å². The summed E-state index contributed by atoms with van der Waals surface area (Å²) in [5.74, 6) is -0.497. The Kier molecular flexibility index (Phi) is 12.7. The van der Waals surface area contributed by atoms with Crippen LogP contribution in [0.1, 0.15) is 49.3 Å². The molecule has 0 saturated carbocycles. The molecule has 0 aliphatic heterocycles. The lowest BCUT2D eigenvalue weighted by atomic mass is 10.0. The van der Waals surface area contributed by atoms with Crippen molar-refractivity contribution in [3.63, 3.8) is 0 Å². The van der Waals surface area contributed by atoms with Crippen LogP contribution in [0.5, 0.6) is 0 Å². The molecule has 3 aromatic rings. The summed E-state index contributed by atoms with van der Waals surface area (Å²) in [5, 5.41) is 3.75. The molecule has 1 N–H and O–H groups in total. The molecule has 0 heterocycles. The second-order valence-electron chi connectivity index (χ2n) is 10.4. The molecule has 0 radical (unpaired) electrons. The molecule has 1 atom stereocenters. The lowest BCUT2D eigenvalue weighted by Gasteiger charge is -2.32. The Labute approximate surface area is 259 Å². The molecule has 0 fully saturated rings. The van der Waals surface area contributed by atoms with Crippen molar-refractivity contribution in [3.8, 4) is 0 Å². The average molecular weight is 633 g/mol. The molecule has 0 saturated heterocycles. The summed E-state index contributed by atoms with van der Waals surface area (Å²) >= 11 is 12.4. The fraction of sp³-hybridized carbons (Fsp3) is 0.375. The Morgan fingerprint density at radius 3 is 2.29 bits per heavy atom. The molecule has 10 heteroatoms. The van der Waals surface area contributed by atoms with E-state index in [1.165, 1.54) is 4.31 Å². The van der Waals surface area contributed by atoms with Crippen LogP contribution in [0.2, 0.25) is 10.0 Å². The minimum absolute atomic E-state index is 0.0483. The Balaban J connectivity index is 1.89. The highest BCUT2D eigenvalue weighted by molar-refractivity contribution is 7.92. The molecule has 2 amide bonds. The number of hydrogen-bond donors (Lipinski definition) is 1. The van der Waals surface area contributed by atoms with E-state index in [4.69, 9.17) is 23.2 Å². The molecular formula is C32H39Cl2N3O4S. The number of anilines is 1. The zero-order chi connectivity index (χ0) is 30.7. The highest BCUT2D eigenvalue weighted by atomic mass is 35.5. The van der Waals surface area contributed by atoms with Gasteiger partial charge in [-0.3, -0.25) is 13.9 Å². The third-order valence-electron chi connectivity index (χ3n) is 6.88. The third-order valence-corrected chi connectivity index (χ3v) is 8.81. The maximum absolute atomic E-state index is 13.9. The molecule has 0 aromatic heterocycles. The number of benzene rings is 3. The SMILES string of the molecule is CCCCNC(=O)C(Cc1ccccc1)N(Cc1ccc(Cl)c(Cl)c1)C(=O)CCCN(c1cccc(C)c1)S(C)(=O)=O. The molecular weight excluding hydrogens is 593 g/mol. The standard InChI is InChI=1S/C32H39Cl2N3O4S/c1-4-5-18-35-32(39)30(22-25-12-7-6-8-13-25)36(23-26-16-17-28(33)29(34)21-26)31(38)15-10-19-37(42(3,40)41)27-14-9-11-24(2)20-27/h6-9,11-14,16-17,20-21,30H,4-5,10,15,18-19,22-23H2,1-3H3,(H,35,39). The number of nitrogens with zero attached hydrogens (tertiary/aromatic N) is 2. The maximum Gasteiger partial charge on any atom is 0.243 e. The number of carbonyl (C=O) groups is 2. The first-order valence-electron chi connectivity index (χ1n) is 14.1. The van der Waals surface area contributed by atoms with Gasteiger partial charge < -0.3 is 10.2 Å². The van der Waals surface area contributed by atoms with E-state index in [0.717, 1.165) is 35.8 Å². The summed E-state index contributed by atoms with van der Waals surface area (Å²) in [7, 11) is -3.58. The fourth-order valence-electron chi connectivity index (χ4n) is 4.68. The van der Waals surface area contributed by atoms with E-state index in [1.54, 1.807) is 41.3 Å². The van der Waals surface area contributed by atoms with Crippen LogP contribution in [-0.2, 0) is 32.6 Å². The molecule has 0 aliphatic carbocycles. The van der Waals surface area contributed by atoms with Gasteiger partial charge in [0.15, 0.2) is 0 Å². The Morgan fingerprint density at radius 2 is 1.64 bits per heavy atom. The predicted octanol–water partition coefficient (Wildman–Crippen LogP) is 6.40. The van der Waals surface area contributed by atoms with Gasteiger partial charge in [0.2, 0.25) is 21.8 Å². The van der Waals surface area contributed by atoms with Gasteiger partial charge in [-0.2, -0.15) is 0 Å². The fourth-order valence-corrected chi connectivity index (χ4v) is 5.96. The van der Waals surface area contributed by atoms with E-state index in [0.29, 0.717) is 28.7 Å². The molecule has 7 nitrogen and oxygen atoms in total. The van der Waals surface area contributed by atoms with Crippen molar-refractivity contribution in [2.45, 2.75) is 58.5 Å². The van der Waals surface area contributed by atoms with Crippen molar-refractivity contribution >= 4 is 50.7 Å². The van der Waals surface area contributed by atoms with Gasteiger partial charge in [-0.1, -0.05) is 85.1 Å². The molecule has 3 aromatic carbocycles. The first kappa shape index (κ1) is 33.4. The van der Waals surface area contributed by atoms with E-state index >= 15 is 0 Å². The summed E-state index contributed by atoms with van der Waals surface area (Å²) in [6.07, 6.45) is 3.55. The first-order chi connectivity index (χ1) is 20.0. The van der Waals surface area contributed by atoms with Crippen molar-refractivity contribution in [1.29, 1.82) is 0 Å². The van der Waals surface area contributed by atoms with E-state index in [2.05, 4.69) is 5.32 Å². The number of hydrogen-bond acceptors (Lipinski definition) is 4. The number of sulfonamides is 1. The lowest BCUT2D eigenvalue weighted by Crippen LogP contribution is -2.50. The summed E-state index contributed by atoms with van der Waals surface area (Å²) in [4.78, 5) is 29.1. The van der Waals surface area contributed by atoms with Gasteiger partial charge >= 0.3 is 0 Å². The lowest BCUT2D eigenvalue weighted by molar-refractivity contribution is -0.141. The zero-order valence-corrected chi connectivity index (χ0v) is 26.7. The smallest absolute Gasteiger partial charge is 0.243 e. The van der Waals surface area contributed by atoms with Crippen molar-refractivity contribution in [3.05, 3.63) is 99.5 Å². The molecule has 0 aliphatic rings. The van der Waals surface area contributed by atoms with Gasteiger partial charge in [0.1, 0.15) is 6.04 Å². The van der Waals surface area contributed by atoms with Crippen LogP contribution in [0.25, 0.3) is 0 Å². The van der Waals surface area contributed by atoms with Crippen LogP contribution in [-0.4, -0.2) is 50.5 Å². The van der Waals surface area contributed by atoms with Gasteiger partial charge in [-0.15, -0.1) is 0 Å². The highest BCUT2D eigenvalue weighted by Crippen LogP contribution is 2.25. The second-order valence-corrected chi connectivity index (χ2v) is 13.1. The molecule has 0 spiro atoms. The normalized spacial score (nSPS) is 12.0. The van der Waals surface area contributed by atoms with Crippen LogP contribution >= 0.6 is 23.2 Å². The number of aryl methyl sites for hydroxylation is 1. The van der Waals surface area contributed by atoms with Gasteiger partial charge in [0.05, 0.1) is 22.0 Å². The molecule has 0 bridgehead atoms. The Morgan fingerprint density at radius 1 is 0.905 bits per heavy atom. The Hall–Kier alpha value is -3.07. The monoisotopic (exact) mass is 631 g/mol. The number of nitrogens with one attached hydrogen (secondary N) is 1. The average Bonchev–Trinajstić information content (AvgIpc) is 2.94. The molecule has 42 heavy (non-hydrogen) atoms. The summed E-state index contributed by atoms with van der Waals surface area (Å²) in [6, 6.07) is 21.2. The maximum atomic E-state index is 13.9. The topological polar surface area (TPSA) is 86.8 Å². The number of carbonyl (C=O) groups excluding carboxylic acids is 2. The summed E-state index contributed by atoms with van der Waals surface area (Å²) in [5.41, 5.74) is 3.13. The third kappa shape index (κ3) is 10.0. The van der Waals surface area contributed by atoms with Gasteiger partial charge in [-0.05, 0) is 60.7 Å².